The fourth-order valence-electron chi connectivity index (χ4n) is 2.83. The summed E-state index contributed by atoms with van der Waals surface area (Å²) in [7, 11) is 0. The number of nitrogens with zero attached hydrogens (tertiary/aromatic N) is 1. The Balaban J connectivity index is 1.67. The first-order chi connectivity index (χ1) is 8.61. The van der Waals surface area contributed by atoms with Crippen molar-refractivity contribution < 1.29 is 9.72 Å². The van der Waals surface area contributed by atoms with Gasteiger partial charge in [0, 0.05) is 23.7 Å². The summed E-state index contributed by atoms with van der Waals surface area (Å²) in [6.45, 7) is 0. The molecule has 0 unspecified atom stereocenters. The summed E-state index contributed by atoms with van der Waals surface area (Å²) >= 11 is 0. The van der Waals surface area contributed by atoms with Crippen molar-refractivity contribution >= 4 is 17.3 Å². The van der Waals surface area contributed by atoms with Crippen LogP contribution >= 0.6 is 0 Å². The van der Waals surface area contributed by atoms with Crippen LogP contribution in [0.25, 0.3) is 0 Å². The predicted molar refractivity (Wildman–Crippen MR) is 66.1 cm³/mol. The molecular formula is C13H14N2O3. The normalized spacial score (nSPS) is 23.2. The van der Waals surface area contributed by atoms with E-state index in [0.29, 0.717) is 5.69 Å². The molecule has 2 aliphatic carbocycles. The lowest BCUT2D eigenvalue weighted by molar-refractivity contribution is -0.384. The third-order valence-corrected chi connectivity index (χ3v) is 4.18. The van der Waals surface area contributed by atoms with Crippen molar-refractivity contribution in [1.82, 2.24) is 0 Å². The quantitative estimate of drug-likeness (QED) is 0.658. The zero-order valence-electron chi connectivity index (χ0n) is 9.89. The van der Waals surface area contributed by atoms with Crippen LogP contribution in [0.3, 0.4) is 0 Å². The van der Waals surface area contributed by atoms with Gasteiger partial charge in [0.1, 0.15) is 0 Å². The van der Waals surface area contributed by atoms with Gasteiger partial charge < -0.3 is 5.32 Å². The summed E-state index contributed by atoms with van der Waals surface area (Å²) in [6.07, 6.45) is 4.51. The van der Waals surface area contributed by atoms with Crippen LogP contribution in [0.4, 0.5) is 11.4 Å². The van der Waals surface area contributed by atoms with E-state index in [0.717, 1.165) is 19.3 Å². The fourth-order valence-corrected chi connectivity index (χ4v) is 2.83. The molecule has 94 valence electrons. The van der Waals surface area contributed by atoms with Gasteiger partial charge in [0.05, 0.1) is 4.92 Å². The molecule has 0 aliphatic heterocycles. The topological polar surface area (TPSA) is 72.2 Å². The maximum atomic E-state index is 12.0. The van der Waals surface area contributed by atoms with Crippen molar-refractivity contribution in [2.24, 2.45) is 11.3 Å². The maximum Gasteiger partial charge on any atom is 0.271 e. The predicted octanol–water partition coefficient (Wildman–Crippen LogP) is 2.72. The van der Waals surface area contributed by atoms with E-state index < -0.39 is 4.92 Å². The number of benzene rings is 1. The van der Waals surface area contributed by atoms with E-state index in [1.807, 2.05) is 0 Å². The third kappa shape index (κ3) is 1.75. The Morgan fingerprint density at radius 1 is 1.44 bits per heavy atom. The lowest BCUT2D eigenvalue weighted by atomic mass is 9.79. The number of anilines is 1. The highest BCUT2D eigenvalue weighted by molar-refractivity contribution is 5.95. The molecule has 0 radical (unpaired) electrons. The van der Waals surface area contributed by atoms with Crippen LogP contribution < -0.4 is 5.32 Å². The number of carbonyl (C=O) groups is 1. The van der Waals surface area contributed by atoms with Crippen molar-refractivity contribution in [1.29, 1.82) is 0 Å². The van der Waals surface area contributed by atoms with Crippen LogP contribution in [0.15, 0.2) is 24.3 Å². The minimum absolute atomic E-state index is 0.00181. The highest BCUT2D eigenvalue weighted by atomic mass is 16.6. The van der Waals surface area contributed by atoms with Crippen molar-refractivity contribution in [3.8, 4) is 0 Å². The molecule has 1 atom stereocenters. The number of rotatable bonds is 3. The Bertz CT molecular complexity index is 523. The Morgan fingerprint density at radius 2 is 2.22 bits per heavy atom. The lowest BCUT2D eigenvalue weighted by Gasteiger charge is -2.26. The number of nitro benzene ring substituents is 1. The highest BCUT2D eigenvalue weighted by Crippen LogP contribution is 2.65. The molecule has 5 heteroatoms. The van der Waals surface area contributed by atoms with Crippen molar-refractivity contribution in [2.45, 2.75) is 25.7 Å². The first kappa shape index (κ1) is 11.2. The van der Waals surface area contributed by atoms with E-state index in [1.165, 1.54) is 18.6 Å². The van der Waals surface area contributed by atoms with E-state index >= 15 is 0 Å². The minimum atomic E-state index is -0.458. The van der Waals surface area contributed by atoms with Gasteiger partial charge in [-0.25, -0.2) is 0 Å². The van der Waals surface area contributed by atoms with Gasteiger partial charge in [0.2, 0.25) is 5.91 Å². The van der Waals surface area contributed by atoms with Crippen molar-refractivity contribution in [2.75, 3.05) is 5.32 Å². The van der Waals surface area contributed by atoms with E-state index in [4.69, 9.17) is 0 Å². The van der Waals surface area contributed by atoms with Crippen LogP contribution in [0, 0.1) is 21.4 Å². The zero-order valence-corrected chi connectivity index (χ0v) is 9.89. The monoisotopic (exact) mass is 246 g/mol. The van der Waals surface area contributed by atoms with Crippen molar-refractivity contribution in [3.05, 3.63) is 34.4 Å². The number of amides is 1. The molecule has 3 rings (SSSR count). The number of hydrogen-bond donors (Lipinski definition) is 1. The van der Waals surface area contributed by atoms with Gasteiger partial charge >= 0.3 is 0 Å². The van der Waals surface area contributed by atoms with E-state index in [2.05, 4.69) is 5.32 Å². The molecule has 0 heterocycles. The molecule has 1 amide bonds. The summed E-state index contributed by atoms with van der Waals surface area (Å²) in [6, 6.07) is 6.08. The van der Waals surface area contributed by atoms with Gasteiger partial charge in [-0.3, -0.25) is 14.9 Å². The molecule has 18 heavy (non-hydrogen) atoms. The molecular weight excluding hydrogens is 232 g/mol. The van der Waals surface area contributed by atoms with Crippen LogP contribution in [0.1, 0.15) is 25.7 Å². The molecule has 2 aliphatic rings. The molecule has 2 saturated carbocycles. The van der Waals surface area contributed by atoms with Gasteiger partial charge in [-0.05, 0) is 30.7 Å². The van der Waals surface area contributed by atoms with Crippen molar-refractivity contribution in [3.63, 3.8) is 0 Å². The molecule has 0 aromatic heterocycles. The second kappa shape index (κ2) is 3.80. The van der Waals surface area contributed by atoms with Crippen LogP contribution in [0.2, 0.25) is 0 Å². The molecule has 5 nitrogen and oxygen atoms in total. The first-order valence-corrected chi connectivity index (χ1v) is 6.16. The Morgan fingerprint density at radius 3 is 2.78 bits per heavy atom. The standard InChI is InChI=1S/C13H14N2O3/c16-12(11-8-13(11)5-2-6-13)14-9-3-1-4-10(7-9)15(17)18/h1,3-4,7,11H,2,5-6,8H2,(H,14,16)/t11-/m1/s1. The number of carbonyl (C=O) groups excluding carboxylic acids is 1. The third-order valence-electron chi connectivity index (χ3n) is 4.18. The average Bonchev–Trinajstić information content (AvgIpc) is 3.04. The van der Waals surface area contributed by atoms with E-state index in [-0.39, 0.29) is 22.9 Å². The fraction of sp³-hybridized carbons (Fsp3) is 0.462. The second-order valence-corrected chi connectivity index (χ2v) is 5.27. The smallest absolute Gasteiger partial charge is 0.271 e. The first-order valence-electron chi connectivity index (χ1n) is 6.16. The summed E-state index contributed by atoms with van der Waals surface area (Å²) in [4.78, 5) is 22.2. The Hall–Kier alpha value is -1.91. The summed E-state index contributed by atoms with van der Waals surface area (Å²) in [5.74, 6) is 0.126. The average molecular weight is 246 g/mol. The Kier molecular flexibility index (Phi) is 2.36. The van der Waals surface area contributed by atoms with Gasteiger partial charge in [-0.1, -0.05) is 12.5 Å². The van der Waals surface area contributed by atoms with Crippen LogP contribution in [-0.4, -0.2) is 10.8 Å². The molecule has 0 bridgehead atoms. The van der Waals surface area contributed by atoms with Crippen LogP contribution in [-0.2, 0) is 4.79 Å². The molecule has 2 fully saturated rings. The molecule has 1 aromatic carbocycles. The molecule has 0 saturated heterocycles. The number of nitrogens with one attached hydrogen (secondary N) is 1. The zero-order chi connectivity index (χ0) is 12.8. The highest BCUT2D eigenvalue weighted by Gasteiger charge is 2.60. The van der Waals surface area contributed by atoms with Gasteiger partial charge in [-0.15, -0.1) is 0 Å². The van der Waals surface area contributed by atoms with Gasteiger partial charge in [0.15, 0.2) is 0 Å². The van der Waals surface area contributed by atoms with Crippen LogP contribution in [0.5, 0.6) is 0 Å². The SMILES string of the molecule is O=C(Nc1cccc([N+](=O)[O-])c1)[C@H]1CC12CCC2. The van der Waals surface area contributed by atoms with E-state index in [9.17, 15) is 14.9 Å². The molecule has 1 N–H and O–H groups in total. The number of hydrogen-bond acceptors (Lipinski definition) is 3. The minimum Gasteiger partial charge on any atom is -0.326 e. The van der Waals surface area contributed by atoms with Gasteiger partial charge in [0.25, 0.3) is 5.69 Å². The summed E-state index contributed by atoms with van der Waals surface area (Å²) in [5, 5.41) is 13.4. The summed E-state index contributed by atoms with van der Waals surface area (Å²) in [5.41, 5.74) is 0.794. The maximum absolute atomic E-state index is 12.0. The summed E-state index contributed by atoms with van der Waals surface area (Å²) < 4.78 is 0. The lowest BCUT2D eigenvalue weighted by Crippen LogP contribution is -2.23. The number of nitro groups is 1. The largest absolute Gasteiger partial charge is 0.326 e. The van der Waals surface area contributed by atoms with Gasteiger partial charge in [-0.2, -0.15) is 0 Å². The second-order valence-electron chi connectivity index (χ2n) is 5.27. The molecule has 1 aromatic rings. The van der Waals surface area contributed by atoms with E-state index in [1.54, 1.807) is 12.1 Å². The number of non-ortho nitro benzene ring substituents is 1. The Labute approximate surface area is 104 Å². The molecule has 1 spiro atoms.